The maximum absolute atomic E-state index is 12.1. The van der Waals surface area contributed by atoms with Crippen LogP contribution in [0.3, 0.4) is 0 Å². The van der Waals surface area contributed by atoms with E-state index in [-0.39, 0.29) is 23.0 Å². The van der Waals surface area contributed by atoms with E-state index in [9.17, 15) is 4.79 Å². The van der Waals surface area contributed by atoms with E-state index in [1.165, 1.54) is 0 Å². The Hall–Kier alpha value is -1.04. The van der Waals surface area contributed by atoms with Gasteiger partial charge in [-0.1, -0.05) is 0 Å². The van der Waals surface area contributed by atoms with Crippen molar-refractivity contribution in [1.29, 1.82) is 0 Å². The highest BCUT2D eigenvalue weighted by Crippen LogP contribution is 2.16. The van der Waals surface area contributed by atoms with Crippen LogP contribution in [0.25, 0.3) is 0 Å². The van der Waals surface area contributed by atoms with E-state index in [0.717, 1.165) is 6.54 Å². The van der Waals surface area contributed by atoms with Gasteiger partial charge in [0.15, 0.2) is 11.0 Å². The van der Waals surface area contributed by atoms with Crippen LogP contribution < -0.4 is 5.32 Å². The van der Waals surface area contributed by atoms with Crippen LogP contribution in [0.5, 0.6) is 0 Å². The lowest BCUT2D eigenvalue weighted by molar-refractivity contribution is -0.0205. The van der Waals surface area contributed by atoms with Gasteiger partial charge in [0.1, 0.15) is 0 Å². The normalized spacial score (nSPS) is 20.6. The monoisotopic (exact) mass is 258 g/mol. The molecule has 0 bridgehead atoms. The van der Waals surface area contributed by atoms with Crippen molar-refractivity contribution >= 4 is 17.5 Å². The summed E-state index contributed by atoms with van der Waals surface area (Å²) in [6, 6.07) is 3.16. The van der Waals surface area contributed by atoms with Crippen LogP contribution in [0, 0.1) is 0 Å². The Balaban J connectivity index is 1.99. The molecule has 5 nitrogen and oxygen atoms in total. The molecule has 17 heavy (non-hydrogen) atoms. The molecule has 1 amide bonds. The summed E-state index contributed by atoms with van der Waals surface area (Å²) in [5.74, 6) is 0.140. The van der Waals surface area contributed by atoms with Crippen molar-refractivity contribution in [2.24, 2.45) is 0 Å². The highest BCUT2D eigenvalue weighted by Gasteiger charge is 2.26. The molecule has 1 saturated heterocycles. The van der Waals surface area contributed by atoms with Gasteiger partial charge in [0.05, 0.1) is 12.7 Å². The second kappa shape index (κ2) is 5.53. The number of hydrogen-bond acceptors (Lipinski definition) is 4. The summed E-state index contributed by atoms with van der Waals surface area (Å²) in [6.07, 6.45) is 0.0307. The highest BCUT2D eigenvalue weighted by molar-refractivity contribution is 6.29. The van der Waals surface area contributed by atoms with E-state index < -0.39 is 0 Å². The zero-order chi connectivity index (χ0) is 12.3. The Morgan fingerprint density at radius 2 is 2.47 bits per heavy atom. The van der Waals surface area contributed by atoms with Crippen molar-refractivity contribution in [2.75, 3.05) is 33.3 Å². The van der Waals surface area contributed by atoms with E-state index in [0.29, 0.717) is 19.7 Å². The lowest BCUT2D eigenvalue weighted by atomic mass is 10.2. The van der Waals surface area contributed by atoms with Gasteiger partial charge in [-0.25, -0.2) is 0 Å². The van der Waals surface area contributed by atoms with Gasteiger partial charge in [-0.3, -0.25) is 4.79 Å². The van der Waals surface area contributed by atoms with Gasteiger partial charge in [0.25, 0.3) is 5.91 Å². The van der Waals surface area contributed by atoms with Crippen molar-refractivity contribution in [3.05, 3.63) is 23.1 Å². The molecule has 1 unspecified atom stereocenters. The van der Waals surface area contributed by atoms with Crippen molar-refractivity contribution in [3.8, 4) is 0 Å². The first kappa shape index (κ1) is 12.4. The fourth-order valence-corrected chi connectivity index (χ4v) is 1.99. The van der Waals surface area contributed by atoms with Crippen molar-refractivity contribution < 1.29 is 13.9 Å². The number of hydrogen-bond donors (Lipinski definition) is 1. The highest BCUT2D eigenvalue weighted by atomic mass is 35.5. The van der Waals surface area contributed by atoms with E-state index in [1.807, 2.05) is 7.05 Å². The smallest absolute Gasteiger partial charge is 0.289 e. The Labute approximate surface area is 105 Å². The van der Waals surface area contributed by atoms with Crippen LogP contribution in [0.1, 0.15) is 10.6 Å². The van der Waals surface area contributed by atoms with Crippen molar-refractivity contribution in [3.63, 3.8) is 0 Å². The van der Waals surface area contributed by atoms with Gasteiger partial charge in [0.2, 0.25) is 0 Å². The van der Waals surface area contributed by atoms with Crippen LogP contribution >= 0.6 is 11.6 Å². The number of morpholine rings is 1. The SMILES string of the molecule is CNCC1CN(C(=O)c2ccc(Cl)o2)CCO1. The molecular formula is C11H15ClN2O3. The van der Waals surface area contributed by atoms with E-state index in [2.05, 4.69) is 5.32 Å². The van der Waals surface area contributed by atoms with Gasteiger partial charge in [-0.2, -0.15) is 0 Å². The predicted octanol–water partition coefficient (Wildman–Crippen LogP) is 0.993. The maximum atomic E-state index is 12.1. The average Bonchev–Trinajstić information content (AvgIpc) is 2.76. The molecule has 94 valence electrons. The number of likely N-dealkylation sites (N-methyl/N-ethyl adjacent to an activating group) is 1. The minimum atomic E-state index is -0.138. The fourth-order valence-electron chi connectivity index (χ4n) is 1.84. The number of rotatable bonds is 3. The van der Waals surface area contributed by atoms with E-state index in [4.69, 9.17) is 20.8 Å². The summed E-state index contributed by atoms with van der Waals surface area (Å²) >= 11 is 5.65. The lowest BCUT2D eigenvalue weighted by Crippen LogP contribution is -2.48. The average molecular weight is 259 g/mol. The summed E-state index contributed by atoms with van der Waals surface area (Å²) in [6.45, 7) is 2.42. The molecular weight excluding hydrogens is 244 g/mol. The maximum Gasteiger partial charge on any atom is 0.289 e. The van der Waals surface area contributed by atoms with Gasteiger partial charge in [-0.05, 0) is 30.8 Å². The van der Waals surface area contributed by atoms with Gasteiger partial charge < -0.3 is 19.4 Å². The summed E-state index contributed by atoms with van der Waals surface area (Å²) in [5.41, 5.74) is 0. The van der Waals surface area contributed by atoms with Crippen molar-refractivity contribution in [1.82, 2.24) is 10.2 Å². The predicted molar refractivity (Wildman–Crippen MR) is 63.3 cm³/mol. The second-order valence-corrected chi connectivity index (χ2v) is 4.28. The number of furan rings is 1. The Kier molecular flexibility index (Phi) is 4.04. The molecule has 0 radical (unpaired) electrons. The third-order valence-electron chi connectivity index (χ3n) is 2.64. The third kappa shape index (κ3) is 3.00. The minimum absolute atomic E-state index is 0.0307. The molecule has 1 N–H and O–H groups in total. The Morgan fingerprint density at radius 1 is 1.65 bits per heavy atom. The molecule has 0 saturated carbocycles. The first-order chi connectivity index (χ1) is 8.20. The zero-order valence-corrected chi connectivity index (χ0v) is 10.4. The molecule has 1 aromatic rings. The summed E-state index contributed by atoms with van der Waals surface area (Å²) < 4.78 is 10.6. The van der Waals surface area contributed by atoms with E-state index >= 15 is 0 Å². The molecule has 1 atom stereocenters. The standard InChI is InChI=1S/C11H15ClN2O3/c1-13-6-8-7-14(4-5-16-8)11(15)9-2-3-10(12)17-9/h2-3,8,13H,4-7H2,1H3. The Morgan fingerprint density at radius 3 is 3.12 bits per heavy atom. The van der Waals surface area contributed by atoms with Crippen LogP contribution in [0.2, 0.25) is 5.22 Å². The van der Waals surface area contributed by atoms with Gasteiger partial charge in [-0.15, -0.1) is 0 Å². The van der Waals surface area contributed by atoms with Crippen LogP contribution in [-0.4, -0.2) is 50.2 Å². The molecule has 2 rings (SSSR count). The van der Waals surface area contributed by atoms with Gasteiger partial charge >= 0.3 is 0 Å². The van der Waals surface area contributed by atoms with Crippen LogP contribution in [-0.2, 0) is 4.74 Å². The fraction of sp³-hybridized carbons (Fsp3) is 0.545. The molecule has 1 fully saturated rings. The largest absolute Gasteiger partial charge is 0.440 e. The molecule has 6 heteroatoms. The molecule has 0 aromatic carbocycles. The number of nitrogens with zero attached hydrogens (tertiary/aromatic N) is 1. The first-order valence-electron chi connectivity index (χ1n) is 5.51. The van der Waals surface area contributed by atoms with E-state index in [1.54, 1.807) is 17.0 Å². The lowest BCUT2D eigenvalue weighted by Gasteiger charge is -2.32. The molecule has 1 aliphatic rings. The van der Waals surface area contributed by atoms with Crippen LogP contribution in [0.15, 0.2) is 16.5 Å². The second-order valence-electron chi connectivity index (χ2n) is 3.91. The van der Waals surface area contributed by atoms with Crippen molar-refractivity contribution in [2.45, 2.75) is 6.10 Å². The number of halogens is 1. The summed E-state index contributed by atoms with van der Waals surface area (Å²) in [4.78, 5) is 13.8. The Bertz CT molecular complexity index is 392. The quantitative estimate of drug-likeness (QED) is 0.879. The first-order valence-corrected chi connectivity index (χ1v) is 5.89. The minimum Gasteiger partial charge on any atom is -0.440 e. The van der Waals surface area contributed by atoms with Crippen LogP contribution in [0.4, 0.5) is 0 Å². The number of amides is 1. The molecule has 1 aromatic heterocycles. The molecule has 0 spiro atoms. The molecule has 1 aliphatic heterocycles. The molecule has 2 heterocycles. The third-order valence-corrected chi connectivity index (χ3v) is 2.84. The number of carbonyl (C=O) groups excluding carboxylic acids is 1. The number of nitrogens with one attached hydrogen (secondary N) is 1. The summed E-state index contributed by atoms with van der Waals surface area (Å²) in [5, 5.41) is 3.26. The number of ether oxygens (including phenoxy) is 1. The van der Waals surface area contributed by atoms with Gasteiger partial charge in [0, 0.05) is 19.6 Å². The summed E-state index contributed by atoms with van der Waals surface area (Å²) in [7, 11) is 1.86. The zero-order valence-electron chi connectivity index (χ0n) is 9.61. The number of carbonyl (C=O) groups is 1. The topological polar surface area (TPSA) is 54.7 Å². The molecule has 0 aliphatic carbocycles.